The number of benzene rings is 3. The van der Waals surface area contributed by atoms with Crippen LogP contribution in [0.15, 0.2) is 66.7 Å². The van der Waals surface area contributed by atoms with Gasteiger partial charge in [0, 0.05) is 53.7 Å². The van der Waals surface area contributed by atoms with Gasteiger partial charge >= 0.3 is 6.03 Å². The number of rotatable bonds is 4. The van der Waals surface area contributed by atoms with Crippen molar-refractivity contribution in [1.29, 1.82) is 0 Å². The van der Waals surface area contributed by atoms with E-state index in [0.717, 1.165) is 48.6 Å². The molecule has 0 aliphatic carbocycles. The summed E-state index contributed by atoms with van der Waals surface area (Å²) in [6.07, 6.45) is 0. The molecule has 3 aromatic rings. The van der Waals surface area contributed by atoms with Crippen LogP contribution in [-0.2, 0) is 0 Å². The van der Waals surface area contributed by atoms with Gasteiger partial charge in [-0.25, -0.2) is 4.79 Å². The molecule has 0 radical (unpaired) electrons. The van der Waals surface area contributed by atoms with Crippen molar-refractivity contribution in [2.45, 2.75) is 6.92 Å². The highest BCUT2D eigenvalue weighted by atomic mass is 35.5. The second-order valence-electron chi connectivity index (χ2n) is 7.39. The second kappa shape index (κ2) is 9.20. The van der Waals surface area contributed by atoms with E-state index in [9.17, 15) is 4.79 Å². The molecule has 0 atom stereocenters. The summed E-state index contributed by atoms with van der Waals surface area (Å²) in [5.41, 5.74) is 5.51. The summed E-state index contributed by atoms with van der Waals surface area (Å²) < 4.78 is 0. The Bertz CT molecular complexity index is 1030. The molecule has 30 heavy (non-hydrogen) atoms. The Hall–Kier alpha value is -3.02. The van der Waals surface area contributed by atoms with Crippen LogP contribution in [0.4, 0.5) is 21.9 Å². The van der Waals surface area contributed by atoms with E-state index < -0.39 is 0 Å². The number of aryl methyl sites for hydroxylation is 1. The number of urea groups is 1. The molecular formula is C24H25ClN4O. The van der Waals surface area contributed by atoms with Gasteiger partial charge in [0.05, 0.1) is 5.69 Å². The molecule has 1 saturated heterocycles. The highest BCUT2D eigenvalue weighted by Crippen LogP contribution is 2.34. The van der Waals surface area contributed by atoms with Gasteiger partial charge in [-0.2, -0.15) is 0 Å². The monoisotopic (exact) mass is 420 g/mol. The summed E-state index contributed by atoms with van der Waals surface area (Å²) in [6.45, 7) is 5.99. The van der Waals surface area contributed by atoms with Crippen LogP contribution >= 0.6 is 11.6 Å². The predicted octanol–water partition coefficient (Wildman–Crippen LogP) is 5.37. The molecule has 1 aliphatic heterocycles. The number of hydrogen-bond acceptors (Lipinski definition) is 3. The Kier molecular flexibility index (Phi) is 6.21. The molecule has 0 bridgehead atoms. The maximum absolute atomic E-state index is 12.6. The van der Waals surface area contributed by atoms with Crippen molar-refractivity contribution in [3.05, 3.63) is 77.3 Å². The Labute approximate surface area is 182 Å². The van der Waals surface area contributed by atoms with Gasteiger partial charge in [0.1, 0.15) is 0 Å². The standard InChI is InChI=1S/C24H25ClN4O/c1-17-6-11-22(25)21(16-17)20-4-2-3-5-23(20)28-24(30)27-18-7-9-19(10-8-18)29-14-12-26-13-15-29/h2-11,16,26H,12-15H2,1H3,(H2,27,28,30). The van der Waals surface area contributed by atoms with E-state index in [2.05, 4.69) is 20.9 Å². The zero-order chi connectivity index (χ0) is 20.9. The van der Waals surface area contributed by atoms with Crippen LogP contribution in [0.25, 0.3) is 11.1 Å². The first-order valence-corrected chi connectivity index (χ1v) is 10.5. The topological polar surface area (TPSA) is 56.4 Å². The van der Waals surface area contributed by atoms with Crippen molar-refractivity contribution in [2.75, 3.05) is 41.7 Å². The van der Waals surface area contributed by atoms with Crippen LogP contribution in [0.1, 0.15) is 5.56 Å². The maximum atomic E-state index is 12.6. The van der Waals surface area contributed by atoms with Gasteiger partial charge in [-0.1, -0.05) is 41.4 Å². The van der Waals surface area contributed by atoms with Crippen molar-refractivity contribution < 1.29 is 4.79 Å². The van der Waals surface area contributed by atoms with E-state index in [1.54, 1.807) is 0 Å². The number of halogens is 1. The molecule has 0 unspecified atom stereocenters. The first kappa shape index (κ1) is 20.3. The third-order valence-electron chi connectivity index (χ3n) is 5.19. The van der Waals surface area contributed by atoms with Crippen molar-refractivity contribution in [1.82, 2.24) is 5.32 Å². The van der Waals surface area contributed by atoms with Crippen molar-refractivity contribution >= 4 is 34.7 Å². The number of para-hydroxylation sites is 1. The maximum Gasteiger partial charge on any atom is 0.323 e. The van der Waals surface area contributed by atoms with Gasteiger partial charge in [0.25, 0.3) is 0 Å². The van der Waals surface area contributed by atoms with Crippen LogP contribution in [0, 0.1) is 6.92 Å². The summed E-state index contributed by atoms with van der Waals surface area (Å²) >= 11 is 6.41. The van der Waals surface area contributed by atoms with Gasteiger partial charge in [0.2, 0.25) is 0 Å². The quantitative estimate of drug-likeness (QED) is 0.531. The number of nitrogens with zero attached hydrogens (tertiary/aromatic N) is 1. The number of nitrogens with one attached hydrogen (secondary N) is 3. The molecule has 5 nitrogen and oxygen atoms in total. The van der Waals surface area contributed by atoms with Crippen LogP contribution < -0.4 is 20.9 Å². The molecular weight excluding hydrogens is 396 g/mol. The fraction of sp³-hybridized carbons (Fsp3) is 0.208. The Morgan fingerprint density at radius 3 is 2.43 bits per heavy atom. The van der Waals surface area contributed by atoms with E-state index in [4.69, 9.17) is 11.6 Å². The number of amides is 2. The molecule has 0 aromatic heterocycles. The Balaban J connectivity index is 1.46. The molecule has 0 spiro atoms. The van der Waals surface area contributed by atoms with Gasteiger partial charge in [-0.05, 0) is 49.4 Å². The zero-order valence-electron chi connectivity index (χ0n) is 16.9. The van der Waals surface area contributed by atoms with E-state index in [0.29, 0.717) is 10.7 Å². The predicted molar refractivity (Wildman–Crippen MR) is 126 cm³/mol. The molecule has 3 aromatic carbocycles. The highest BCUT2D eigenvalue weighted by molar-refractivity contribution is 6.33. The van der Waals surface area contributed by atoms with Crippen molar-refractivity contribution in [3.63, 3.8) is 0 Å². The molecule has 6 heteroatoms. The summed E-state index contributed by atoms with van der Waals surface area (Å²) in [5, 5.41) is 9.87. The smallest absolute Gasteiger partial charge is 0.323 e. The first-order valence-electron chi connectivity index (χ1n) is 10.1. The van der Waals surface area contributed by atoms with Crippen LogP contribution in [0.3, 0.4) is 0 Å². The molecule has 1 heterocycles. The second-order valence-corrected chi connectivity index (χ2v) is 7.80. The Morgan fingerprint density at radius 2 is 1.67 bits per heavy atom. The lowest BCUT2D eigenvalue weighted by atomic mass is 10.0. The Morgan fingerprint density at radius 1 is 0.933 bits per heavy atom. The van der Waals surface area contributed by atoms with E-state index >= 15 is 0 Å². The third-order valence-corrected chi connectivity index (χ3v) is 5.52. The molecule has 4 rings (SSSR count). The molecule has 0 saturated carbocycles. The van der Waals surface area contributed by atoms with Crippen LogP contribution in [0.2, 0.25) is 5.02 Å². The summed E-state index contributed by atoms with van der Waals surface area (Å²) in [7, 11) is 0. The normalized spacial score (nSPS) is 13.7. The van der Waals surface area contributed by atoms with Crippen LogP contribution in [-0.4, -0.2) is 32.2 Å². The lowest BCUT2D eigenvalue weighted by Gasteiger charge is -2.29. The number of carbonyl (C=O) groups excluding carboxylic acids is 1. The number of carbonyl (C=O) groups is 1. The van der Waals surface area contributed by atoms with Crippen LogP contribution in [0.5, 0.6) is 0 Å². The average molecular weight is 421 g/mol. The lowest BCUT2D eigenvalue weighted by Crippen LogP contribution is -2.43. The minimum Gasteiger partial charge on any atom is -0.369 e. The van der Waals surface area contributed by atoms with Gasteiger partial charge in [-0.3, -0.25) is 0 Å². The minimum absolute atomic E-state index is 0.291. The van der Waals surface area contributed by atoms with Gasteiger partial charge < -0.3 is 20.9 Å². The van der Waals surface area contributed by atoms with Gasteiger partial charge in [0.15, 0.2) is 0 Å². The number of piperazine rings is 1. The van der Waals surface area contributed by atoms with E-state index in [-0.39, 0.29) is 6.03 Å². The van der Waals surface area contributed by atoms with Gasteiger partial charge in [-0.15, -0.1) is 0 Å². The largest absolute Gasteiger partial charge is 0.369 e. The van der Waals surface area contributed by atoms with E-state index in [1.165, 1.54) is 5.69 Å². The van der Waals surface area contributed by atoms with E-state index in [1.807, 2.05) is 73.7 Å². The average Bonchev–Trinajstić information content (AvgIpc) is 2.77. The molecule has 3 N–H and O–H groups in total. The molecule has 1 fully saturated rings. The van der Waals surface area contributed by atoms with Crippen molar-refractivity contribution in [2.24, 2.45) is 0 Å². The van der Waals surface area contributed by atoms with Crippen molar-refractivity contribution in [3.8, 4) is 11.1 Å². The summed E-state index contributed by atoms with van der Waals surface area (Å²) in [5.74, 6) is 0. The third kappa shape index (κ3) is 4.75. The fourth-order valence-corrected chi connectivity index (χ4v) is 3.86. The molecule has 2 amide bonds. The molecule has 154 valence electrons. The number of anilines is 3. The SMILES string of the molecule is Cc1ccc(Cl)c(-c2ccccc2NC(=O)Nc2ccc(N3CCNCC3)cc2)c1. The minimum atomic E-state index is -0.291. The molecule has 1 aliphatic rings. The summed E-state index contributed by atoms with van der Waals surface area (Å²) in [6, 6.07) is 21.2. The zero-order valence-corrected chi connectivity index (χ0v) is 17.7. The lowest BCUT2D eigenvalue weighted by molar-refractivity contribution is 0.262. The summed E-state index contributed by atoms with van der Waals surface area (Å²) in [4.78, 5) is 15.0. The number of hydrogen-bond donors (Lipinski definition) is 3. The highest BCUT2D eigenvalue weighted by Gasteiger charge is 2.13. The fourth-order valence-electron chi connectivity index (χ4n) is 3.64. The first-order chi connectivity index (χ1) is 14.6.